The van der Waals surface area contributed by atoms with E-state index in [9.17, 15) is 18.3 Å². The van der Waals surface area contributed by atoms with Crippen LogP contribution in [0.5, 0.6) is 11.5 Å². The number of sulfone groups is 1. The van der Waals surface area contributed by atoms with Gasteiger partial charge in [-0.3, -0.25) is 4.79 Å². The average molecular weight is 675 g/mol. The molecule has 5 aromatic rings. The molecule has 0 spiro atoms. The van der Waals surface area contributed by atoms with Crippen LogP contribution in [0.15, 0.2) is 72.2 Å². The molecule has 47 heavy (non-hydrogen) atoms. The van der Waals surface area contributed by atoms with Crippen LogP contribution in [0, 0.1) is 11.2 Å². The summed E-state index contributed by atoms with van der Waals surface area (Å²) in [5.41, 5.74) is 3.80. The first kappa shape index (κ1) is 32.9. The molecule has 6 rings (SSSR count). The molecule has 0 aliphatic carbocycles. The van der Waals surface area contributed by atoms with E-state index in [-0.39, 0.29) is 30.1 Å². The SMILES string of the molecule is CC1(C)CCCC(C)(c2cccc(CCC(=O)O)c2)c2csc(n2)-c2cccc(c2)Oc2c(F)cc3[nH]ccc3c2CCS(=O)(=O)C1. The Morgan fingerprint density at radius 1 is 1.09 bits per heavy atom. The van der Waals surface area contributed by atoms with Gasteiger partial charge in [0.15, 0.2) is 21.4 Å². The molecule has 0 fully saturated rings. The molecule has 3 heterocycles. The zero-order chi connectivity index (χ0) is 33.4. The van der Waals surface area contributed by atoms with Crippen LogP contribution in [-0.2, 0) is 32.9 Å². The van der Waals surface area contributed by atoms with Crippen molar-refractivity contribution in [2.24, 2.45) is 5.41 Å². The Bertz CT molecular complexity index is 2050. The number of nitrogens with one attached hydrogen (secondary N) is 1. The maximum Gasteiger partial charge on any atom is 0.303 e. The lowest BCUT2D eigenvalue weighted by Crippen LogP contribution is -2.29. The van der Waals surface area contributed by atoms with Gasteiger partial charge in [-0.15, -0.1) is 11.3 Å². The molecule has 7 nitrogen and oxygen atoms in total. The van der Waals surface area contributed by atoms with Gasteiger partial charge in [0.1, 0.15) is 10.8 Å². The zero-order valence-corrected chi connectivity index (χ0v) is 28.4. The lowest BCUT2D eigenvalue weighted by Gasteiger charge is -2.31. The number of aliphatic carboxylic acids is 1. The largest absolute Gasteiger partial charge is 0.481 e. The van der Waals surface area contributed by atoms with Gasteiger partial charge >= 0.3 is 5.97 Å². The number of carboxylic acid groups (broad SMARTS) is 1. The Morgan fingerprint density at radius 3 is 2.70 bits per heavy atom. The normalized spacial score (nSPS) is 19.7. The first-order valence-electron chi connectivity index (χ1n) is 15.9. The van der Waals surface area contributed by atoms with Gasteiger partial charge in [-0.2, -0.15) is 0 Å². The molecule has 10 heteroatoms. The number of rotatable bonds is 4. The van der Waals surface area contributed by atoms with Crippen molar-refractivity contribution >= 4 is 38.0 Å². The number of fused-ring (bicyclic) bond motifs is 8. The number of halogens is 1. The van der Waals surface area contributed by atoms with Gasteiger partial charge in [-0.05, 0) is 67.3 Å². The van der Waals surface area contributed by atoms with Crippen molar-refractivity contribution in [1.29, 1.82) is 0 Å². The molecule has 1 aliphatic rings. The maximum atomic E-state index is 15.6. The quantitative estimate of drug-likeness (QED) is 0.197. The maximum absolute atomic E-state index is 15.6. The molecule has 0 saturated carbocycles. The monoisotopic (exact) mass is 674 g/mol. The predicted octanol–water partition coefficient (Wildman–Crippen LogP) is 8.71. The van der Waals surface area contributed by atoms with E-state index in [0.29, 0.717) is 29.7 Å². The van der Waals surface area contributed by atoms with E-state index in [4.69, 9.17) is 9.72 Å². The fourth-order valence-electron chi connectivity index (χ4n) is 6.71. The summed E-state index contributed by atoms with van der Waals surface area (Å²) >= 11 is 1.52. The minimum atomic E-state index is -3.51. The van der Waals surface area contributed by atoms with Gasteiger partial charge in [0.25, 0.3) is 0 Å². The number of carboxylic acids is 1. The number of nitrogens with zero attached hydrogens (tertiary/aromatic N) is 1. The second-order valence-corrected chi connectivity index (χ2v) is 16.6. The molecule has 246 valence electrons. The predicted molar refractivity (Wildman–Crippen MR) is 185 cm³/mol. The summed E-state index contributed by atoms with van der Waals surface area (Å²) in [5.74, 6) is -1.07. The summed E-state index contributed by atoms with van der Waals surface area (Å²) < 4.78 is 49.0. The molecule has 2 aromatic heterocycles. The number of aryl methyl sites for hydroxylation is 2. The Labute approximate surface area is 278 Å². The summed E-state index contributed by atoms with van der Waals surface area (Å²) in [4.78, 5) is 19.4. The van der Waals surface area contributed by atoms with Crippen LogP contribution < -0.4 is 4.74 Å². The molecular formula is C37H39FN2O5S2. The average Bonchev–Trinajstić information content (AvgIpc) is 3.70. The van der Waals surface area contributed by atoms with Crippen LogP contribution in [0.1, 0.15) is 68.8 Å². The van der Waals surface area contributed by atoms with E-state index in [1.54, 1.807) is 12.3 Å². The Balaban J connectivity index is 1.45. The van der Waals surface area contributed by atoms with E-state index in [1.165, 1.54) is 17.4 Å². The molecule has 4 bridgehead atoms. The first-order valence-corrected chi connectivity index (χ1v) is 18.6. The van der Waals surface area contributed by atoms with E-state index in [0.717, 1.165) is 45.6 Å². The van der Waals surface area contributed by atoms with Crippen molar-refractivity contribution in [1.82, 2.24) is 9.97 Å². The number of ether oxygens (including phenoxy) is 1. The topological polar surface area (TPSA) is 109 Å². The number of hydrogen-bond acceptors (Lipinski definition) is 6. The highest BCUT2D eigenvalue weighted by atomic mass is 32.2. The molecule has 0 amide bonds. The summed E-state index contributed by atoms with van der Waals surface area (Å²) in [6, 6.07) is 18.6. The number of thiazole rings is 1. The highest BCUT2D eigenvalue weighted by Gasteiger charge is 2.34. The van der Waals surface area contributed by atoms with Crippen molar-refractivity contribution in [2.75, 3.05) is 11.5 Å². The molecule has 3 aromatic carbocycles. The van der Waals surface area contributed by atoms with Crippen LogP contribution >= 0.6 is 11.3 Å². The fourth-order valence-corrected chi connectivity index (χ4v) is 9.66. The highest BCUT2D eigenvalue weighted by Crippen LogP contribution is 2.42. The van der Waals surface area contributed by atoms with Crippen LogP contribution in [0.25, 0.3) is 21.5 Å². The summed E-state index contributed by atoms with van der Waals surface area (Å²) in [5, 5.41) is 12.9. The molecular weight excluding hydrogens is 636 g/mol. The third-order valence-corrected chi connectivity index (χ3v) is 12.2. The van der Waals surface area contributed by atoms with Crippen LogP contribution in [0.2, 0.25) is 0 Å². The molecule has 1 unspecified atom stereocenters. The summed E-state index contributed by atoms with van der Waals surface area (Å²) in [6.45, 7) is 6.13. The number of carbonyl (C=O) groups is 1. The standard InChI is InChI=1S/C37H39FN2O5S2/c1-36(2)15-6-16-37(3,26-9-4-7-24(19-26)11-12-33(41)42)32-22-46-35(40-32)25-8-5-10-27(20-25)45-34-29(14-18-47(43,44)23-36)28-13-17-39-31(28)21-30(34)38/h4-5,7-10,13,17,19-22,39H,6,11-12,14-16,18,23H2,1-3H3,(H,41,42). The Morgan fingerprint density at radius 2 is 1.89 bits per heavy atom. The third-order valence-electron chi connectivity index (χ3n) is 9.23. The van der Waals surface area contributed by atoms with Crippen molar-refractivity contribution in [2.45, 2.75) is 64.7 Å². The van der Waals surface area contributed by atoms with E-state index < -0.39 is 32.5 Å². The van der Waals surface area contributed by atoms with Gasteiger partial charge in [0.2, 0.25) is 0 Å². The van der Waals surface area contributed by atoms with Crippen LogP contribution in [0.3, 0.4) is 0 Å². The smallest absolute Gasteiger partial charge is 0.303 e. The van der Waals surface area contributed by atoms with Crippen molar-refractivity contribution < 1.29 is 27.4 Å². The van der Waals surface area contributed by atoms with Crippen LogP contribution in [-0.4, -0.2) is 41.0 Å². The van der Waals surface area contributed by atoms with Gasteiger partial charge in [0.05, 0.1) is 17.2 Å². The van der Waals surface area contributed by atoms with Gasteiger partial charge in [-0.1, -0.05) is 56.7 Å². The Hall–Kier alpha value is -4.02. The number of aromatic amines is 1. The zero-order valence-electron chi connectivity index (χ0n) is 26.8. The van der Waals surface area contributed by atoms with Crippen molar-refractivity contribution in [3.63, 3.8) is 0 Å². The summed E-state index contributed by atoms with van der Waals surface area (Å²) in [7, 11) is -3.51. The number of hydrogen-bond donors (Lipinski definition) is 2. The molecule has 0 saturated heterocycles. The molecule has 0 radical (unpaired) electrons. The van der Waals surface area contributed by atoms with Gasteiger partial charge < -0.3 is 14.8 Å². The molecule has 2 N–H and O–H groups in total. The van der Waals surface area contributed by atoms with E-state index in [2.05, 4.69) is 29.4 Å². The molecule has 1 aliphatic heterocycles. The molecule has 1 atom stereocenters. The fraction of sp³-hybridized carbons (Fsp3) is 0.351. The number of H-pyrrole nitrogens is 1. The van der Waals surface area contributed by atoms with E-state index >= 15 is 4.39 Å². The lowest BCUT2D eigenvalue weighted by atomic mass is 9.74. The van der Waals surface area contributed by atoms with Crippen molar-refractivity contribution in [3.05, 3.63) is 100 Å². The lowest BCUT2D eigenvalue weighted by molar-refractivity contribution is -0.136. The third kappa shape index (κ3) is 7.28. The van der Waals surface area contributed by atoms with Crippen molar-refractivity contribution in [3.8, 4) is 22.1 Å². The van der Waals surface area contributed by atoms with Gasteiger partial charge in [0, 0.05) is 51.5 Å². The Kier molecular flexibility index (Phi) is 9.02. The number of aromatic nitrogens is 2. The minimum Gasteiger partial charge on any atom is -0.481 e. The number of benzene rings is 3. The summed E-state index contributed by atoms with van der Waals surface area (Å²) in [6.07, 6.45) is 4.47. The van der Waals surface area contributed by atoms with E-state index in [1.807, 2.05) is 50.2 Å². The van der Waals surface area contributed by atoms with Gasteiger partial charge in [-0.25, -0.2) is 17.8 Å². The van der Waals surface area contributed by atoms with Crippen LogP contribution in [0.4, 0.5) is 4.39 Å². The minimum absolute atomic E-state index is 0.00602. The second-order valence-electron chi connectivity index (χ2n) is 13.6. The highest BCUT2D eigenvalue weighted by molar-refractivity contribution is 7.91. The second kappa shape index (κ2) is 12.9. The first-order chi connectivity index (χ1) is 22.3.